The summed E-state index contributed by atoms with van der Waals surface area (Å²) in [5.41, 5.74) is 6.93. The molecule has 0 aliphatic rings. The summed E-state index contributed by atoms with van der Waals surface area (Å²) in [6.07, 6.45) is 3.01. The molecule has 0 fully saturated rings. The van der Waals surface area contributed by atoms with Crippen LogP contribution in [0.1, 0.15) is 31.9 Å². The van der Waals surface area contributed by atoms with E-state index in [1.54, 1.807) is 11.8 Å². The van der Waals surface area contributed by atoms with Crippen molar-refractivity contribution in [3.8, 4) is 0 Å². The van der Waals surface area contributed by atoms with Gasteiger partial charge in [-0.3, -0.25) is 0 Å². The first kappa shape index (κ1) is 10.5. The van der Waals surface area contributed by atoms with Crippen LogP contribution >= 0.6 is 11.8 Å². The number of nitrogens with zero attached hydrogens (tertiary/aromatic N) is 1. The summed E-state index contributed by atoms with van der Waals surface area (Å²) in [6.45, 7) is 4.16. The lowest BCUT2D eigenvalue weighted by Gasteiger charge is -2.06. The van der Waals surface area contributed by atoms with Crippen molar-refractivity contribution in [2.24, 2.45) is 5.73 Å². The first-order valence-corrected chi connectivity index (χ1v) is 5.57. The van der Waals surface area contributed by atoms with Crippen LogP contribution in [0.2, 0.25) is 0 Å². The maximum absolute atomic E-state index is 5.77. The van der Waals surface area contributed by atoms with Gasteiger partial charge >= 0.3 is 0 Å². The Morgan fingerprint density at radius 1 is 1.62 bits per heavy atom. The summed E-state index contributed by atoms with van der Waals surface area (Å²) < 4.78 is 0. The minimum absolute atomic E-state index is 0.101. The summed E-state index contributed by atoms with van der Waals surface area (Å²) in [6, 6.07) is 4.15. The number of hydrogen-bond donors (Lipinski definition) is 1. The van der Waals surface area contributed by atoms with Crippen LogP contribution < -0.4 is 5.73 Å². The third-order valence-corrected chi connectivity index (χ3v) is 2.87. The van der Waals surface area contributed by atoms with Gasteiger partial charge in [0.05, 0.1) is 5.03 Å². The third-order valence-electron chi connectivity index (χ3n) is 1.74. The van der Waals surface area contributed by atoms with Crippen molar-refractivity contribution >= 4 is 11.8 Å². The number of nitrogens with two attached hydrogens (primary N) is 1. The molecule has 1 aromatic heterocycles. The molecule has 0 aliphatic carbocycles. The van der Waals surface area contributed by atoms with Gasteiger partial charge in [0.2, 0.25) is 0 Å². The number of aromatic nitrogens is 1. The molecule has 3 heteroatoms. The van der Waals surface area contributed by atoms with Gasteiger partial charge in [0.1, 0.15) is 0 Å². The minimum atomic E-state index is 0.101. The highest BCUT2D eigenvalue weighted by Crippen LogP contribution is 2.19. The van der Waals surface area contributed by atoms with Crippen molar-refractivity contribution in [3.63, 3.8) is 0 Å². The summed E-state index contributed by atoms with van der Waals surface area (Å²) >= 11 is 1.79. The molecule has 1 rings (SSSR count). The molecular weight excluding hydrogens is 180 g/mol. The monoisotopic (exact) mass is 196 g/mol. The highest BCUT2D eigenvalue weighted by molar-refractivity contribution is 7.99. The van der Waals surface area contributed by atoms with Crippen LogP contribution in [0.3, 0.4) is 0 Å². The van der Waals surface area contributed by atoms with Gasteiger partial charge < -0.3 is 5.73 Å². The maximum Gasteiger partial charge on any atom is 0.0963 e. The Morgan fingerprint density at radius 3 is 3.00 bits per heavy atom. The molecule has 0 spiro atoms. The van der Waals surface area contributed by atoms with Gasteiger partial charge in [0, 0.05) is 12.2 Å². The SMILES string of the molecule is CCCSc1cc(C(C)N)ccn1. The average molecular weight is 196 g/mol. The maximum atomic E-state index is 5.77. The number of pyridine rings is 1. The molecule has 0 amide bonds. The van der Waals surface area contributed by atoms with E-state index < -0.39 is 0 Å². The second kappa shape index (κ2) is 5.25. The molecule has 1 heterocycles. The summed E-state index contributed by atoms with van der Waals surface area (Å²) in [4.78, 5) is 4.27. The van der Waals surface area contributed by atoms with Crippen molar-refractivity contribution in [1.29, 1.82) is 0 Å². The molecule has 13 heavy (non-hydrogen) atoms. The fourth-order valence-corrected chi connectivity index (χ4v) is 1.76. The molecule has 0 radical (unpaired) electrons. The van der Waals surface area contributed by atoms with Gasteiger partial charge in [-0.15, -0.1) is 11.8 Å². The lowest BCUT2D eigenvalue weighted by molar-refractivity contribution is 0.808. The first-order valence-electron chi connectivity index (χ1n) is 4.58. The van der Waals surface area contributed by atoms with E-state index in [9.17, 15) is 0 Å². The molecule has 2 nitrogen and oxygen atoms in total. The Labute approximate surface area is 83.9 Å². The fraction of sp³-hybridized carbons (Fsp3) is 0.500. The number of thioether (sulfide) groups is 1. The second-order valence-electron chi connectivity index (χ2n) is 3.06. The second-order valence-corrected chi connectivity index (χ2v) is 4.18. The van der Waals surface area contributed by atoms with Crippen molar-refractivity contribution in [2.75, 3.05) is 5.75 Å². The van der Waals surface area contributed by atoms with E-state index in [4.69, 9.17) is 5.73 Å². The van der Waals surface area contributed by atoms with Gasteiger partial charge in [-0.05, 0) is 36.8 Å². The van der Waals surface area contributed by atoms with Crippen molar-refractivity contribution in [3.05, 3.63) is 23.9 Å². The van der Waals surface area contributed by atoms with Crippen LogP contribution in [0.4, 0.5) is 0 Å². The Morgan fingerprint density at radius 2 is 2.38 bits per heavy atom. The summed E-state index contributed by atoms with van der Waals surface area (Å²) in [5, 5.41) is 1.08. The molecule has 0 saturated carbocycles. The highest BCUT2D eigenvalue weighted by atomic mass is 32.2. The van der Waals surface area contributed by atoms with Gasteiger partial charge in [-0.2, -0.15) is 0 Å². The lowest BCUT2D eigenvalue weighted by Crippen LogP contribution is -2.05. The van der Waals surface area contributed by atoms with Crippen molar-refractivity contribution < 1.29 is 0 Å². The van der Waals surface area contributed by atoms with Crippen LogP contribution in [0.5, 0.6) is 0 Å². The molecule has 0 saturated heterocycles. The summed E-state index contributed by atoms with van der Waals surface area (Å²) in [5.74, 6) is 1.12. The molecule has 0 aromatic carbocycles. The molecule has 72 valence electrons. The summed E-state index contributed by atoms with van der Waals surface area (Å²) in [7, 11) is 0. The molecule has 2 N–H and O–H groups in total. The van der Waals surface area contributed by atoms with E-state index in [-0.39, 0.29) is 6.04 Å². The molecule has 0 aliphatic heterocycles. The predicted molar refractivity (Wildman–Crippen MR) is 57.9 cm³/mol. The fourth-order valence-electron chi connectivity index (χ4n) is 0.994. The zero-order valence-electron chi connectivity index (χ0n) is 8.16. The molecule has 1 atom stereocenters. The molecular formula is C10H16N2S. The van der Waals surface area contributed by atoms with Crippen molar-refractivity contribution in [2.45, 2.75) is 31.3 Å². The largest absolute Gasteiger partial charge is 0.324 e. The van der Waals surface area contributed by atoms with E-state index in [1.807, 2.05) is 19.2 Å². The Hall–Kier alpha value is -0.540. The lowest BCUT2D eigenvalue weighted by atomic mass is 10.1. The molecule has 0 bridgehead atoms. The van der Waals surface area contributed by atoms with Gasteiger partial charge in [-0.25, -0.2) is 4.98 Å². The molecule has 1 unspecified atom stereocenters. The van der Waals surface area contributed by atoms with E-state index >= 15 is 0 Å². The van der Waals surface area contributed by atoms with Crippen LogP contribution in [-0.2, 0) is 0 Å². The Bertz CT molecular complexity index is 261. The average Bonchev–Trinajstić information content (AvgIpc) is 2.15. The van der Waals surface area contributed by atoms with Crippen LogP contribution in [0.25, 0.3) is 0 Å². The first-order chi connectivity index (χ1) is 6.24. The quantitative estimate of drug-likeness (QED) is 0.752. The standard InChI is InChI=1S/C10H16N2S/c1-3-6-13-10-7-9(8(2)11)4-5-12-10/h4-5,7-8H,3,6,11H2,1-2H3. The number of rotatable bonds is 4. The van der Waals surface area contributed by atoms with Gasteiger partial charge in [0.15, 0.2) is 0 Å². The minimum Gasteiger partial charge on any atom is -0.324 e. The van der Waals surface area contributed by atoms with Crippen LogP contribution in [0, 0.1) is 0 Å². The zero-order chi connectivity index (χ0) is 9.68. The van der Waals surface area contributed by atoms with E-state index in [0.717, 1.165) is 16.3 Å². The smallest absolute Gasteiger partial charge is 0.0963 e. The normalized spacial score (nSPS) is 12.8. The van der Waals surface area contributed by atoms with E-state index in [0.29, 0.717) is 0 Å². The predicted octanol–water partition coefficient (Wildman–Crippen LogP) is 2.60. The highest BCUT2D eigenvalue weighted by Gasteiger charge is 2.01. The Kier molecular flexibility index (Phi) is 4.25. The van der Waals surface area contributed by atoms with Gasteiger partial charge in [0.25, 0.3) is 0 Å². The van der Waals surface area contributed by atoms with E-state index in [1.165, 1.54) is 6.42 Å². The van der Waals surface area contributed by atoms with Crippen LogP contribution in [-0.4, -0.2) is 10.7 Å². The molecule has 1 aromatic rings. The topological polar surface area (TPSA) is 38.9 Å². The number of hydrogen-bond acceptors (Lipinski definition) is 3. The van der Waals surface area contributed by atoms with Crippen molar-refractivity contribution in [1.82, 2.24) is 4.98 Å². The zero-order valence-corrected chi connectivity index (χ0v) is 8.97. The Balaban J connectivity index is 2.68. The third kappa shape index (κ3) is 3.36. The van der Waals surface area contributed by atoms with Gasteiger partial charge in [-0.1, -0.05) is 6.92 Å². The van der Waals surface area contributed by atoms with E-state index in [2.05, 4.69) is 18.0 Å². The van der Waals surface area contributed by atoms with Crippen LogP contribution in [0.15, 0.2) is 23.4 Å².